The van der Waals surface area contributed by atoms with Crippen LogP contribution in [0.3, 0.4) is 0 Å². The number of carbonyl (C=O) groups is 2. The summed E-state index contributed by atoms with van der Waals surface area (Å²) in [6.45, 7) is 3.62. The molecule has 1 aliphatic heterocycles. The third kappa shape index (κ3) is 5.93. The van der Waals surface area contributed by atoms with Crippen LogP contribution in [0.2, 0.25) is 5.02 Å². The summed E-state index contributed by atoms with van der Waals surface area (Å²) in [5.74, 6) is -0.631. The first kappa shape index (κ1) is 27.4. The molecule has 200 valence electrons. The van der Waals surface area contributed by atoms with E-state index in [9.17, 15) is 23.1 Å². The van der Waals surface area contributed by atoms with Crippen molar-refractivity contribution in [2.75, 3.05) is 32.1 Å². The zero-order chi connectivity index (χ0) is 26.9. The third-order valence-electron chi connectivity index (χ3n) is 6.86. The van der Waals surface area contributed by atoms with Crippen LogP contribution in [-0.2, 0) is 14.8 Å². The van der Waals surface area contributed by atoms with E-state index < -0.39 is 22.2 Å². The van der Waals surface area contributed by atoms with Gasteiger partial charge in [0.15, 0.2) is 5.75 Å². The second-order valence-corrected chi connectivity index (χ2v) is 12.3. The normalized spacial score (nSPS) is 21.0. The Morgan fingerprint density at radius 2 is 1.92 bits per heavy atom. The molecule has 1 heterocycles. The van der Waals surface area contributed by atoms with Crippen LogP contribution in [0.25, 0.3) is 0 Å². The molecule has 0 aromatic heterocycles. The van der Waals surface area contributed by atoms with Crippen LogP contribution in [-0.4, -0.2) is 73.4 Å². The second kappa shape index (κ2) is 11.0. The zero-order valence-corrected chi connectivity index (χ0v) is 22.6. The summed E-state index contributed by atoms with van der Waals surface area (Å²) in [6, 6.07) is 10.4. The van der Waals surface area contributed by atoms with Gasteiger partial charge in [0, 0.05) is 30.5 Å². The number of aliphatic hydroxyl groups is 1. The van der Waals surface area contributed by atoms with Crippen LogP contribution in [0, 0.1) is 11.8 Å². The Bertz CT molecular complexity index is 1270. The number of hydrogen-bond acceptors (Lipinski definition) is 6. The Balaban J connectivity index is 1.70. The predicted molar refractivity (Wildman–Crippen MR) is 140 cm³/mol. The largest absolute Gasteiger partial charge is 0.486 e. The van der Waals surface area contributed by atoms with Crippen LogP contribution >= 0.6 is 11.6 Å². The number of carbonyl (C=O) groups excluding carboxylic acids is 2. The summed E-state index contributed by atoms with van der Waals surface area (Å²) in [5.41, 5.74) is 0.607. The van der Waals surface area contributed by atoms with E-state index in [4.69, 9.17) is 16.3 Å². The number of hydrogen-bond donors (Lipinski definition) is 2. The number of rotatable bonds is 8. The number of nitrogens with one attached hydrogen (secondary N) is 1. The molecule has 2 aliphatic rings. The predicted octanol–water partition coefficient (Wildman–Crippen LogP) is 3.23. The molecule has 9 nitrogen and oxygen atoms in total. The quantitative estimate of drug-likeness (QED) is 0.522. The van der Waals surface area contributed by atoms with Gasteiger partial charge < -0.3 is 20.1 Å². The van der Waals surface area contributed by atoms with Crippen molar-refractivity contribution in [2.45, 2.75) is 43.7 Å². The number of anilines is 1. The average molecular weight is 550 g/mol. The van der Waals surface area contributed by atoms with Crippen molar-refractivity contribution >= 4 is 39.1 Å². The Kier molecular flexibility index (Phi) is 8.13. The van der Waals surface area contributed by atoms with Gasteiger partial charge in [0.2, 0.25) is 15.9 Å². The molecule has 11 heteroatoms. The fourth-order valence-electron chi connectivity index (χ4n) is 4.28. The average Bonchev–Trinajstić information content (AvgIpc) is 3.72. The lowest BCUT2D eigenvalue weighted by molar-refractivity contribution is -0.117. The van der Waals surface area contributed by atoms with Crippen molar-refractivity contribution in [3.05, 3.63) is 53.1 Å². The molecule has 0 saturated heterocycles. The number of sulfonamides is 1. The fourth-order valence-corrected chi connectivity index (χ4v) is 5.59. The number of ether oxygens (including phenoxy) is 1. The Morgan fingerprint density at radius 3 is 2.54 bits per heavy atom. The molecule has 2 amide bonds. The molecule has 0 unspecified atom stereocenters. The maximum atomic E-state index is 13.5. The number of nitrogens with zero attached hydrogens (tertiary/aromatic N) is 2. The number of benzene rings is 2. The molecule has 1 aliphatic carbocycles. The minimum Gasteiger partial charge on any atom is -0.486 e. The van der Waals surface area contributed by atoms with Gasteiger partial charge in [-0.15, -0.1) is 0 Å². The zero-order valence-electron chi connectivity index (χ0n) is 21.1. The lowest BCUT2D eigenvalue weighted by Gasteiger charge is -2.38. The number of fused-ring (bicyclic) bond motifs is 1. The molecule has 2 aromatic rings. The van der Waals surface area contributed by atoms with Gasteiger partial charge in [0.25, 0.3) is 5.91 Å². The van der Waals surface area contributed by atoms with E-state index >= 15 is 0 Å². The first-order chi connectivity index (χ1) is 17.5. The van der Waals surface area contributed by atoms with Crippen molar-refractivity contribution in [2.24, 2.45) is 11.8 Å². The molecule has 1 fully saturated rings. The Hall–Kier alpha value is -2.66. The van der Waals surface area contributed by atoms with Crippen molar-refractivity contribution in [1.29, 1.82) is 0 Å². The maximum Gasteiger partial charge on any atom is 0.258 e. The highest BCUT2D eigenvalue weighted by atomic mass is 35.5. The van der Waals surface area contributed by atoms with Gasteiger partial charge in [-0.05, 0) is 56.2 Å². The van der Waals surface area contributed by atoms with Crippen LogP contribution in [0.4, 0.5) is 5.69 Å². The van der Waals surface area contributed by atoms with Gasteiger partial charge in [0.05, 0.1) is 35.3 Å². The van der Waals surface area contributed by atoms with Crippen molar-refractivity contribution in [1.82, 2.24) is 9.21 Å². The van der Waals surface area contributed by atoms with E-state index in [1.165, 1.54) is 35.6 Å². The standard InChI is InChI=1S/C26H32ClN3O6S/c1-16-13-30(17(2)15-31)26(33)21-5-4-6-22(28-25(32)18-7-8-18)24(21)36-23(16)14-29(3)37(34,35)20-11-9-19(27)10-12-20/h4-6,9-12,16-18,23,31H,7-8,13-15H2,1-3H3,(H,28,32)/t16-,17-,23-/m1/s1. The highest BCUT2D eigenvalue weighted by Crippen LogP contribution is 2.37. The van der Waals surface area contributed by atoms with Gasteiger partial charge in [0.1, 0.15) is 6.10 Å². The lowest BCUT2D eigenvalue weighted by atomic mass is 9.99. The summed E-state index contributed by atoms with van der Waals surface area (Å²) in [7, 11) is -2.38. The summed E-state index contributed by atoms with van der Waals surface area (Å²) < 4.78 is 34.1. The lowest BCUT2D eigenvalue weighted by Crippen LogP contribution is -2.50. The number of amides is 2. The molecule has 0 radical (unpaired) electrons. The van der Waals surface area contributed by atoms with Gasteiger partial charge >= 0.3 is 0 Å². The topological polar surface area (TPSA) is 116 Å². The van der Waals surface area contributed by atoms with Crippen molar-refractivity contribution in [3.63, 3.8) is 0 Å². The molecule has 37 heavy (non-hydrogen) atoms. The summed E-state index contributed by atoms with van der Waals surface area (Å²) in [5, 5.41) is 13.1. The van der Waals surface area contributed by atoms with Gasteiger partial charge in [-0.1, -0.05) is 24.6 Å². The van der Waals surface area contributed by atoms with Crippen LogP contribution in [0.5, 0.6) is 5.75 Å². The highest BCUT2D eigenvalue weighted by molar-refractivity contribution is 7.89. The summed E-state index contributed by atoms with van der Waals surface area (Å²) in [4.78, 5) is 27.8. The van der Waals surface area contributed by atoms with E-state index in [0.717, 1.165) is 12.8 Å². The number of likely N-dealkylation sites (N-methyl/N-ethyl adjacent to an activating group) is 1. The van der Waals surface area contributed by atoms with E-state index in [-0.39, 0.29) is 59.6 Å². The molecule has 4 rings (SSSR count). The smallest absolute Gasteiger partial charge is 0.258 e. The molecule has 0 bridgehead atoms. The van der Waals surface area contributed by atoms with E-state index in [1.54, 1.807) is 30.0 Å². The number of halogens is 1. The Morgan fingerprint density at radius 1 is 1.24 bits per heavy atom. The molecule has 2 aromatic carbocycles. The van der Waals surface area contributed by atoms with Crippen LogP contribution in [0.15, 0.2) is 47.4 Å². The van der Waals surface area contributed by atoms with Gasteiger partial charge in [-0.3, -0.25) is 9.59 Å². The maximum absolute atomic E-state index is 13.5. The van der Waals surface area contributed by atoms with Crippen molar-refractivity contribution < 1.29 is 27.9 Å². The van der Waals surface area contributed by atoms with E-state index in [1.807, 2.05) is 6.92 Å². The van der Waals surface area contributed by atoms with Crippen molar-refractivity contribution in [3.8, 4) is 5.75 Å². The molecule has 1 saturated carbocycles. The SMILES string of the molecule is C[C@@H]1CN([C@H](C)CO)C(=O)c2cccc(NC(=O)C3CC3)c2O[C@@H]1CN(C)S(=O)(=O)c1ccc(Cl)cc1. The first-order valence-electron chi connectivity index (χ1n) is 12.3. The summed E-state index contributed by atoms with van der Waals surface area (Å²) >= 11 is 5.93. The first-order valence-corrected chi connectivity index (χ1v) is 14.1. The monoisotopic (exact) mass is 549 g/mol. The second-order valence-electron chi connectivity index (χ2n) is 9.81. The van der Waals surface area contributed by atoms with Crippen LogP contribution < -0.4 is 10.1 Å². The fraction of sp³-hybridized carbons (Fsp3) is 0.462. The molecular formula is C26H32ClN3O6S. The van der Waals surface area contributed by atoms with Gasteiger partial charge in [-0.25, -0.2) is 8.42 Å². The molecule has 0 spiro atoms. The van der Waals surface area contributed by atoms with Crippen LogP contribution in [0.1, 0.15) is 37.0 Å². The third-order valence-corrected chi connectivity index (χ3v) is 8.95. The minimum absolute atomic E-state index is 0.00793. The summed E-state index contributed by atoms with van der Waals surface area (Å²) in [6.07, 6.45) is 0.969. The Labute approximate surface area is 222 Å². The minimum atomic E-state index is -3.85. The van der Waals surface area contributed by atoms with Gasteiger partial charge in [-0.2, -0.15) is 4.31 Å². The van der Waals surface area contributed by atoms with E-state index in [2.05, 4.69) is 5.32 Å². The molecule has 3 atom stereocenters. The van der Waals surface area contributed by atoms with E-state index in [0.29, 0.717) is 10.7 Å². The molecular weight excluding hydrogens is 518 g/mol. The number of para-hydroxylation sites is 1. The number of aliphatic hydroxyl groups excluding tert-OH is 1. The highest BCUT2D eigenvalue weighted by Gasteiger charge is 2.37. The molecule has 2 N–H and O–H groups in total.